The molecular formula is C26H38N6O5. The lowest BCUT2D eigenvalue weighted by Gasteiger charge is -2.27. The van der Waals surface area contributed by atoms with Crippen LogP contribution in [0.4, 0.5) is 0 Å². The maximum absolute atomic E-state index is 13.4. The average Bonchev–Trinajstić information content (AvgIpc) is 3.38. The first-order valence-electron chi connectivity index (χ1n) is 12.4. The Balaban J connectivity index is 2.29. The second-order valence-corrected chi connectivity index (χ2v) is 9.57. The number of amides is 3. The van der Waals surface area contributed by atoms with Gasteiger partial charge < -0.3 is 31.8 Å². The summed E-state index contributed by atoms with van der Waals surface area (Å²) in [6.45, 7) is 7.16. The van der Waals surface area contributed by atoms with E-state index in [2.05, 4.69) is 25.9 Å². The number of carboxylic acids is 1. The van der Waals surface area contributed by atoms with Crippen LogP contribution >= 0.6 is 0 Å². The zero-order valence-electron chi connectivity index (χ0n) is 21.7. The lowest BCUT2D eigenvalue weighted by atomic mass is 9.98. The molecule has 0 aliphatic rings. The highest BCUT2D eigenvalue weighted by Gasteiger charge is 2.32. The minimum absolute atomic E-state index is 0.0436. The van der Waals surface area contributed by atoms with Crippen LogP contribution in [0.1, 0.15) is 45.4 Å². The van der Waals surface area contributed by atoms with Crippen molar-refractivity contribution in [1.29, 1.82) is 0 Å². The van der Waals surface area contributed by atoms with E-state index in [1.807, 2.05) is 37.3 Å². The van der Waals surface area contributed by atoms with Gasteiger partial charge in [0.15, 0.2) is 0 Å². The van der Waals surface area contributed by atoms with Crippen molar-refractivity contribution in [1.82, 2.24) is 25.9 Å². The molecule has 0 saturated heterocycles. The van der Waals surface area contributed by atoms with Gasteiger partial charge in [-0.05, 0) is 17.4 Å². The SMILES string of the molecule is CCC(C)C(NC(=O)C(Cc1cnc[nH]1)NC(=O)C(Cc1ccccc1)NC(=O)C(N)C(C)C)C(=O)O. The van der Waals surface area contributed by atoms with Gasteiger partial charge in [0.25, 0.3) is 0 Å². The van der Waals surface area contributed by atoms with Gasteiger partial charge in [-0.2, -0.15) is 0 Å². The normalized spacial score (nSPS) is 15.2. The van der Waals surface area contributed by atoms with Gasteiger partial charge in [-0.3, -0.25) is 14.4 Å². The molecular weight excluding hydrogens is 476 g/mol. The lowest BCUT2D eigenvalue weighted by Crippen LogP contribution is -2.59. The number of rotatable bonds is 14. The predicted octanol–water partition coefficient (Wildman–Crippen LogP) is 0.763. The zero-order valence-corrected chi connectivity index (χ0v) is 21.7. The quantitative estimate of drug-likeness (QED) is 0.215. The fraction of sp³-hybridized carbons (Fsp3) is 0.500. The molecule has 1 aromatic heterocycles. The van der Waals surface area contributed by atoms with Crippen LogP contribution < -0.4 is 21.7 Å². The first kappa shape index (κ1) is 29.5. The van der Waals surface area contributed by atoms with Crippen molar-refractivity contribution in [2.24, 2.45) is 17.6 Å². The zero-order chi connectivity index (χ0) is 27.5. The Hall–Kier alpha value is -3.73. The second-order valence-electron chi connectivity index (χ2n) is 9.57. The largest absolute Gasteiger partial charge is 0.480 e. The van der Waals surface area contributed by atoms with Crippen molar-refractivity contribution >= 4 is 23.7 Å². The smallest absolute Gasteiger partial charge is 0.326 e. The molecule has 0 saturated carbocycles. The number of hydrogen-bond acceptors (Lipinski definition) is 6. The minimum Gasteiger partial charge on any atom is -0.480 e. The highest BCUT2D eigenvalue weighted by atomic mass is 16.4. The number of benzene rings is 1. The van der Waals surface area contributed by atoms with Crippen LogP contribution in [0.15, 0.2) is 42.9 Å². The van der Waals surface area contributed by atoms with Gasteiger partial charge in [0, 0.05) is 24.7 Å². The minimum atomic E-state index is -1.16. The van der Waals surface area contributed by atoms with Crippen LogP contribution in [-0.4, -0.2) is 62.9 Å². The molecule has 2 rings (SSSR count). The average molecular weight is 515 g/mol. The van der Waals surface area contributed by atoms with Crippen LogP contribution in [0.3, 0.4) is 0 Å². The summed E-state index contributed by atoms with van der Waals surface area (Å²) in [5.41, 5.74) is 7.37. The third-order valence-electron chi connectivity index (χ3n) is 6.33. The molecule has 11 nitrogen and oxygen atoms in total. The van der Waals surface area contributed by atoms with Crippen molar-refractivity contribution in [2.45, 2.75) is 71.1 Å². The highest BCUT2D eigenvalue weighted by Crippen LogP contribution is 2.10. The molecule has 0 aliphatic heterocycles. The third kappa shape index (κ3) is 9.02. The van der Waals surface area contributed by atoms with Gasteiger partial charge in [-0.1, -0.05) is 64.4 Å². The maximum atomic E-state index is 13.4. The number of hydrogen-bond donors (Lipinski definition) is 6. The number of aliphatic carboxylic acids is 1. The molecule has 7 N–H and O–H groups in total. The van der Waals surface area contributed by atoms with E-state index in [1.54, 1.807) is 20.8 Å². The second kappa shape index (κ2) is 14.1. The third-order valence-corrected chi connectivity index (χ3v) is 6.33. The summed E-state index contributed by atoms with van der Waals surface area (Å²) in [5.74, 6) is -3.36. The molecule has 5 unspecified atom stereocenters. The van der Waals surface area contributed by atoms with Gasteiger partial charge in [-0.15, -0.1) is 0 Å². The van der Waals surface area contributed by atoms with Gasteiger partial charge in [0.2, 0.25) is 17.7 Å². The van der Waals surface area contributed by atoms with Gasteiger partial charge >= 0.3 is 5.97 Å². The van der Waals surface area contributed by atoms with E-state index in [-0.39, 0.29) is 24.7 Å². The summed E-state index contributed by atoms with van der Waals surface area (Å²) in [6.07, 6.45) is 3.71. The van der Waals surface area contributed by atoms with Gasteiger partial charge in [0.05, 0.1) is 12.4 Å². The Morgan fingerprint density at radius 3 is 2.08 bits per heavy atom. The fourth-order valence-corrected chi connectivity index (χ4v) is 3.66. The Morgan fingerprint density at radius 2 is 1.54 bits per heavy atom. The molecule has 37 heavy (non-hydrogen) atoms. The Morgan fingerprint density at radius 1 is 0.946 bits per heavy atom. The number of carboxylic acid groups (broad SMARTS) is 1. The predicted molar refractivity (Wildman–Crippen MR) is 138 cm³/mol. The number of imidazole rings is 1. The van der Waals surface area contributed by atoms with Crippen LogP contribution in [0, 0.1) is 11.8 Å². The van der Waals surface area contributed by atoms with E-state index in [9.17, 15) is 24.3 Å². The number of aromatic amines is 1. The van der Waals surface area contributed by atoms with Crippen molar-refractivity contribution in [2.75, 3.05) is 0 Å². The van der Waals surface area contributed by atoms with Gasteiger partial charge in [0.1, 0.15) is 18.1 Å². The molecule has 11 heteroatoms. The molecule has 202 valence electrons. The van der Waals surface area contributed by atoms with E-state index in [1.165, 1.54) is 12.5 Å². The monoisotopic (exact) mass is 514 g/mol. The van der Waals surface area contributed by atoms with Crippen molar-refractivity contribution in [3.05, 3.63) is 54.1 Å². The number of nitrogens with one attached hydrogen (secondary N) is 4. The molecule has 0 fully saturated rings. The van der Waals surface area contributed by atoms with Crippen LogP contribution in [-0.2, 0) is 32.0 Å². The molecule has 0 aliphatic carbocycles. The van der Waals surface area contributed by atoms with E-state index in [0.29, 0.717) is 12.1 Å². The molecule has 1 heterocycles. The Kier molecular flexibility index (Phi) is 11.3. The lowest BCUT2D eigenvalue weighted by molar-refractivity contribution is -0.143. The van der Waals surface area contributed by atoms with Crippen LogP contribution in [0.25, 0.3) is 0 Å². The van der Waals surface area contributed by atoms with E-state index in [4.69, 9.17) is 5.73 Å². The summed E-state index contributed by atoms with van der Waals surface area (Å²) in [6, 6.07) is 5.06. The number of carbonyl (C=O) groups excluding carboxylic acids is 3. The maximum Gasteiger partial charge on any atom is 0.326 e. The Labute approximate surface area is 217 Å². The standard InChI is InChI=1S/C26H38N6O5/c1-5-16(4)22(26(36)37)32-24(34)20(12-18-13-28-14-29-18)30-23(33)19(11-17-9-7-6-8-10-17)31-25(35)21(27)15(2)3/h6-10,13-16,19-22H,5,11-12,27H2,1-4H3,(H,28,29)(H,30,33)(H,31,35)(H,32,34)(H,36,37). The van der Waals surface area contributed by atoms with Gasteiger partial charge in [-0.25, -0.2) is 9.78 Å². The first-order chi connectivity index (χ1) is 17.5. The van der Waals surface area contributed by atoms with E-state index >= 15 is 0 Å². The van der Waals surface area contributed by atoms with Crippen molar-refractivity contribution in [3.63, 3.8) is 0 Å². The molecule has 5 atom stereocenters. The molecule has 2 aromatic rings. The molecule has 0 bridgehead atoms. The summed E-state index contributed by atoms with van der Waals surface area (Å²) >= 11 is 0. The highest BCUT2D eigenvalue weighted by molar-refractivity contribution is 5.94. The molecule has 1 aromatic carbocycles. The molecule has 3 amide bonds. The van der Waals surface area contributed by atoms with E-state index < -0.39 is 47.9 Å². The topological polar surface area (TPSA) is 179 Å². The molecule has 0 radical (unpaired) electrons. The summed E-state index contributed by atoms with van der Waals surface area (Å²) in [7, 11) is 0. The number of carbonyl (C=O) groups is 4. The molecule has 0 spiro atoms. The summed E-state index contributed by atoms with van der Waals surface area (Å²) in [5, 5.41) is 17.6. The first-order valence-corrected chi connectivity index (χ1v) is 12.4. The van der Waals surface area contributed by atoms with Crippen LogP contribution in [0.2, 0.25) is 0 Å². The summed E-state index contributed by atoms with van der Waals surface area (Å²) < 4.78 is 0. The number of nitrogens with two attached hydrogens (primary N) is 1. The number of aromatic nitrogens is 2. The number of nitrogens with zero attached hydrogens (tertiary/aromatic N) is 1. The van der Waals surface area contributed by atoms with Crippen molar-refractivity contribution < 1.29 is 24.3 Å². The van der Waals surface area contributed by atoms with Crippen molar-refractivity contribution in [3.8, 4) is 0 Å². The fourth-order valence-electron chi connectivity index (χ4n) is 3.66. The van der Waals surface area contributed by atoms with Crippen LogP contribution in [0.5, 0.6) is 0 Å². The number of H-pyrrole nitrogens is 1. The summed E-state index contributed by atoms with van der Waals surface area (Å²) in [4.78, 5) is 58.0. The Bertz CT molecular complexity index is 1030. The van der Waals surface area contributed by atoms with E-state index in [0.717, 1.165) is 5.56 Å².